The number of aromatic nitrogens is 2. The Hall–Kier alpha value is -2.50. The number of carbonyl (C=O) groups excluding carboxylic acids is 1. The van der Waals surface area contributed by atoms with Crippen LogP contribution in [0, 0.1) is 20.8 Å². The van der Waals surface area contributed by atoms with E-state index < -0.39 is 0 Å². The van der Waals surface area contributed by atoms with Crippen LogP contribution in [0.5, 0.6) is 0 Å². The Labute approximate surface area is 192 Å². The van der Waals surface area contributed by atoms with Crippen molar-refractivity contribution < 1.29 is 4.79 Å². The minimum Gasteiger partial charge on any atom is -0.293 e. The second-order valence-electron chi connectivity index (χ2n) is 8.19. The van der Waals surface area contributed by atoms with Gasteiger partial charge in [0.15, 0.2) is 5.78 Å². The number of ketones is 1. The van der Waals surface area contributed by atoms with E-state index in [1.165, 1.54) is 22.9 Å². The van der Waals surface area contributed by atoms with E-state index in [0.29, 0.717) is 11.7 Å². The fourth-order valence-corrected chi connectivity index (χ4v) is 5.55. The lowest BCUT2D eigenvalue weighted by molar-refractivity contribution is 0.102. The summed E-state index contributed by atoms with van der Waals surface area (Å²) >= 11 is 3.14. The molecule has 0 unspecified atom stereocenters. The molecule has 158 valence electrons. The normalized spacial score (nSPS) is 11.4. The number of fused-ring (bicyclic) bond motifs is 1. The number of hydrogen-bond donors (Lipinski definition) is 0. The summed E-state index contributed by atoms with van der Waals surface area (Å²) in [7, 11) is 0. The third-order valence-electron chi connectivity index (χ3n) is 5.57. The van der Waals surface area contributed by atoms with Crippen LogP contribution in [0.15, 0.2) is 52.9 Å². The topological polar surface area (TPSA) is 42.9 Å². The molecule has 0 aliphatic heterocycles. The maximum atomic E-state index is 12.8. The van der Waals surface area contributed by atoms with Crippen molar-refractivity contribution in [1.29, 1.82) is 0 Å². The molecule has 0 atom stereocenters. The lowest BCUT2D eigenvalue weighted by Gasteiger charge is -2.09. The van der Waals surface area contributed by atoms with Gasteiger partial charge in [0.2, 0.25) is 0 Å². The van der Waals surface area contributed by atoms with Gasteiger partial charge in [-0.1, -0.05) is 62.0 Å². The van der Waals surface area contributed by atoms with Crippen molar-refractivity contribution in [1.82, 2.24) is 9.97 Å². The number of thioether (sulfide) groups is 1. The number of hydrogen-bond acceptors (Lipinski definition) is 5. The van der Waals surface area contributed by atoms with Gasteiger partial charge in [0.1, 0.15) is 15.7 Å². The molecular formula is C26H26N2OS2. The van der Waals surface area contributed by atoms with Gasteiger partial charge in [-0.3, -0.25) is 4.79 Å². The Morgan fingerprint density at radius 2 is 1.74 bits per heavy atom. The minimum atomic E-state index is 0.121. The van der Waals surface area contributed by atoms with Crippen molar-refractivity contribution in [3.8, 4) is 11.1 Å². The molecule has 4 aromatic rings. The Bertz CT molecular complexity index is 1260. The standard InChI is InChI=1S/C26H26N2OS2/c1-15(2)19-8-10-20(11-9-19)22-13-30-25-24(22)26(28-18(5)27-25)31-14-23(29)21-7-6-16(3)17(4)12-21/h6-13,15H,14H2,1-5H3. The van der Waals surface area contributed by atoms with E-state index in [2.05, 4.69) is 55.4 Å². The molecule has 0 aliphatic rings. The Balaban J connectivity index is 1.66. The SMILES string of the molecule is Cc1nc(SCC(=O)c2ccc(C)c(C)c2)c2c(-c3ccc(C(C)C)cc3)csc2n1. The smallest absolute Gasteiger partial charge is 0.173 e. The van der Waals surface area contributed by atoms with Gasteiger partial charge >= 0.3 is 0 Å². The van der Waals surface area contributed by atoms with Crippen molar-refractivity contribution in [3.05, 3.63) is 75.9 Å². The number of carbonyl (C=O) groups is 1. The first-order valence-electron chi connectivity index (χ1n) is 10.4. The minimum absolute atomic E-state index is 0.121. The molecule has 0 radical (unpaired) electrons. The molecule has 2 aromatic carbocycles. The summed E-state index contributed by atoms with van der Waals surface area (Å²) in [6, 6.07) is 14.6. The predicted octanol–water partition coefficient (Wildman–Crippen LogP) is 7.38. The molecule has 0 fully saturated rings. The first-order valence-corrected chi connectivity index (χ1v) is 12.3. The van der Waals surface area contributed by atoms with Crippen LogP contribution in [0.25, 0.3) is 21.3 Å². The Kier molecular flexibility index (Phi) is 6.26. The van der Waals surface area contributed by atoms with E-state index in [1.807, 2.05) is 32.0 Å². The first kappa shape index (κ1) is 21.7. The van der Waals surface area contributed by atoms with Gasteiger partial charge < -0.3 is 0 Å². The van der Waals surface area contributed by atoms with E-state index >= 15 is 0 Å². The van der Waals surface area contributed by atoms with E-state index in [4.69, 9.17) is 4.98 Å². The zero-order valence-electron chi connectivity index (χ0n) is 18.5. The van der Waals surface area contributed by atoms with Gasteiger partial charge in [0.05, 0.1) is 11.1 Å². The molecule has 31 heavy (non-hydrogen) atoms. The van der Waals surface area contributed by atoms with Gasteiger partial charge in [-0.2, -0.15) is 0 Å². The highest BCUT2D eigenvalue weighted by molar-refractivity contribution is 8.00. The van der Waals surface area contributed by atoms with Gasteiger partial charge in [-0.25, -0.2) is 9.97 Å². The zero-order chi connectivity index (χ0) is 22.1. The molecule has 0 saturated heterocycles. The maximum absolute atomic E-state index is 12.8. The predicted molar refractivity (Wildman–Crippen MR) is 133 cm³/mol. The molecule has 3 nitrogen and oxygen atoms in total. The lowest BCUT2D eigenvalue weighted by atomic mass is 9.99. The number of rotatable bonds is 6. The molecule has 5 heteroatoms. The summed E-state index contributed by atoms with van der Waals surface area (Å²) < 4.78 is 0. The molecule has 0 spiro atoms. The van der Waals surface area contributed by atoms with Crippen LogP contribution in [0.4, 0.5) is 0 Å². The van der Waals surface area contributed by atoms with Crippen LogP contribution in [0.3, 0.4) is 0 Å². The van der Waals surface area contributed by atoms with Gasteiger partial charge in [-0.15, -0.1) is 11.3 Å². The van der Waals surface area contributed by atoms with Crippen LogP contribution in [0.1, 0.15) is 52.6 Å². The van der Waals surface area contributed by atoms with Crippen molar-refractivity contribution in [2.24, 2.45) is 0 Å². The average molecular weight is 447 g/mol. The number of Topliss-reactive ketones (excluding diaryl/α,β-unsaturated/α-hetero) is 1. The number of thiophene rings is 1. The van der Waals surface area contributed by atoms with Crippen LogP contribution < -0.4 is 0 Å². The zero-order valence-corrected chi connectivity index (χ0v) is 20.2. The monoisotopic (exact) mass is 446 g/mol. The quantitative estimate of drug-likeness (QED) is 0.176. The number of nitrogens with zero attached hydrogens (tertiary/aromatic N) is 2. The van der Waals surface area contributed by atoms with E-state index in [9.17, 15) is 4.79 Å². The third kappa shape index (κ3) is 4.58. The fourth-order valence-electron chi connectivity index (χ4n) is 3.51. The van der Waals surface area contributed by atoms with E-state index in [0.717, 1.165) is 43.3 Å². The van der Waals surface area contributed by atoms with Crippen molar-refractivity contribution >= 4 is 39.1 Å². The van der Waals surface area contributed by atoms with Crippen LogP contribution >= 0.6 is 23.1 Å². The molecular weight excluding hydrogens is 420 g/mol. The fraction of sp³-hybridized carbons (Fsp3) is 0.269. The van der Waals surface area contributed by atoms with Gasteiger partial charge in [0.25, 0.3) is 0 Å². The molecule has 2 aromatic heterocycles. The highest BCUT2D eigenvalue weighted by atomic mass is 32.2. The second kappa shape index (κ2) is 8.93. The largest absolute Gasteiger partial charge is 0.293 e. The van der Waals surface area contributed by atoms with Crippen LogP contribution in [-0.2, 0) is 0 Å². The highest BCUT2D eigenvalue weighted by Gasteiger charge is 2.17. The van der Waals surface area contributed by atoms with Gasteiger partial charge in [-0.05, 0) is 55.0 Å². The second-order valence-corrected chi connectivity index (χ2v) is 10.0. The summed E-state index contributed by atoms with van der Waals surface area (Å²) in [5.74, 6) is 1.71. The van der Waals surface area contributed by atoms with Crippen molar-refractivity contribution in [3.63, 3.8) is 0 Å². The summed E-state index contributed by atoms with van der Waals surface area (Å²) in [5.41, 5.74) is 6.71. The lowest BCUT2D eigenvalue weighted by Crippen LogP contribution is -2.04. The van der Waals surface area contributed by atoms with Gasteiger partial charge in [0, 0.05) is 16.5 Å². The van der Waals surface area contributed by atoms with E-state index in [1.54, 1.807) is 11.3 Å². The average Bonchev–Trinajstić information content (AvgIpc) is 3.17. The molecule has 0 N–H and O–H groups in total. The summed E-state index contributed by atoms with van der Waals surface area (Å²) in [6.45, 7) is 10.4. The maximum Gasteiger partial charge on any atom is 0.173 e. The highest BCUT2D eigenvalue weighted by Crippen LogP contribution is 2.38. The molecule has 2 heterocycles. The molecule has 0 aliphatic carbocycles. The Morgan fingerprint density at radius 3 is 2.42 bits per heavy atom. The number of benzene rings is 2. The molecule has 0 amide bonds. The van der Waals surface area contributed by atoms with Crippen molar-refractivity contribution in [2.75, 3.05) is 5.75 Å². The number of aryl methyl sites for hydroxylation is 3. The van der Waals surface area contributed by atoms with E-state index in [-0.39, 0.29) is 5.78 Å². The summed E-state index contributed by atoms with van der Waals surface area (Å²) in [4.78, 5) is 23.2. The molecule has 0 saturated carbocycles. The van der Waals surface area contributed by atoms with Crippen LogP contribution in [-0.4, -0.2) is 21.5 Å². The van der Waals surface area contributed by atoms with Crippen molar-refractivity contribution in [2.45, 2.75) is 45.6 Å². The summed E-state index contributed by atoms with van der Waals surface area (Å²) in [5, 5.41) is 4.08. The third-order valence-corrected chi connectivity index (χ3v) is 7.42. The summed E-state index contributed by atoms with van der Waals surface area (Å²) in [6.07, 6.45) is 0. The Morgan fingerprint density at radius 1 is 1.00 bits per heavy atom. The van der Waals surface area contributed by atoms with Crippen LogP contribution in [0.2, 0.25) is 0 Å². The molecule has 0 bridgehead atoms. The first-order chi connectivity index (χ1) is 14.8. The molecule has 4 rings (SSSR count).